The number of ether oxygens (including phenoxy) is 1. The zero-order valence-corrected chi connectivity index (χ0v) is 11.8. The third-order valence-corrected chi connectivity index (χ3v) is 3.80. The normalized spacial score (nSPS) is 10.7. The molecule has 0 radical (unpaired) electrons. The second kappa shape index (κ2) is 6.44. The fraction of sp³-hybridized carbons (Fsp3) is 0.400. The Bertz CT molecular complexity index is 429. The van der Waals surface area contributed by atoms with E-state index in [0.29, 0.717) is 9.26 Å². The van der Waals surface area contributed by atoms with Crippen LogP contribution in [0.4, 0.5) is 8.78 Å². The number of esters is 1. The van der Waals surface area contributed by atoms with Gasteiger partial charge in [-0.2, -0.15) is 0 Å². The molecule has 0 N–H and O–H groups in total. The first kappa shape index (κ1) is 14.6. The van der Waals surface area contributed by atoms with Gasteiger partial charge in [0.25, 0.3) is 6.43 Å². The SMILES string of the molecule is CCOC(=O)Cc1ncc(C(F)F)c(Cl)c1I. The van der Waals surface area contributed by atoms with Crippen LogP contribution in [-0.4, -0.2) is 17.6 Å². The van der Waals surface area contributed by atoms with Crippen LogP contribution in [-0.2, 0) is 16.0 Å². The van der Waals surface area contributed by atoms with Crippen LogP contribution in [0.5, 0.6) is 0 Å². The molecule has 0 spiro atoms. The number of halogens is 4. The molecule has 1 heterocycles. The maximum Gasteiger partial charge on any atom is 0.311 e. The van der Waals surface area contributed by atoms with Gasteiger partial charge in [0.2, 0.25) is 0 Å². The molecule has 1 rings (SSSR count). The van der Waals surface area contributed by atoms with Crippen LogP contribution < -0.4 is 0 Å². The lowest BCUT2D eigenvalue weighted by Crippen LogP contribution is -2.10. The second-order valence-corrected chi connectivity index (χ2v) is 4.53. The third kappa shape index (κ3) is 3.74. The average molecular weight is 376 g/mol. The number of rotatable bonds is 4. The molecule has 0 saturated heterocycles. The van der Waals surface area contributed by atoms with Gasteiger partial charge in [0.15, 0.2) is 0 Å². The smallest absolute Gasteiger partial charge is 0.311 e. The molecule has 0 unspecified atom stereocenters. The van der Waals surface area contributed by atoms with Crippen molar-refractivity contribution >= 4 is 40.2 Å². The summed E-state index contributed by atoms with van der Waals surface area (Å²) in [5.41, 5.74) is 0.0159. The zero-order valence-electron chi connectivity index (χ0n) is 8.84. The summed E-state index contributed by atoms with van der Waals surface area (Å²) < 4.78 is 30.1. The van der Waals surface area contributed by atoms with Gasteiger partial charge in [0, 0.05) is 6.20 Å². The molecule has 0 aliphatic heterocycles. The summed E-state index contributed by atoms with van der Waals surface area (Å²) >= 11 is 7.56. The Morgan fingerprint density at radius 3 is 2.82 bits per heavy atom. The van der Waals surface area contributed by atoms with E-state index in [-0.39, 0.29) is 23.6 Å². The highest BCUT2D eigenvalue weighted by Crippen LogP contribution is 2.31. The molecule has 0 bridgehead atoms. The van der Waals surface area contributed by atoms with Crippen molar-refractivity contribution in [3.05, 3.63) is 26.0 Å². The molecule has 0 aromatic carbocycles. The number of hydrogen-bond acceptors (Lipinski definition) is 3. The van der Waals surface area contributed by atoms with Crippen LogP contribution in [0, 0.1) is 3.57 Å². The lowest BCUT2D eigenvalue weighted by Gasteiger charge is -2.08. The Morgan fingerprint density at radius 1 is 1.65 bits per heavy atom. The van der Waals surface area contributed by atoms with E-state index in [1.54, 1.807) is 29.5 Å². The third-order valence-electron chi connectivity index (χ3n) is 1.91. The lowest BCUT2D eigenvalue weighted by atomic mass is 10.2. The van der Waals surface area contributed by atoms with Gasteiger partial charge in [-0.25, -0.2) is 8.78 Å². The first-order valence-corrected chi connectivity index (χ1v) is 6.19. The number of alkyl halides is 2. The van der Waals surface area contributed by atoms with Gasteiger partial charge >= 0.3 is 5.97 Å². The molecule has 17 heavy (non-hydrogen) atoms. The predicted octanol–water partition coefficient (Wildman–Crippen LogP) is 3.38. The van der Waals surface area contributed by atoms with Crippen molar-refractivity contribution in [2.45, 2.75) is 19.8 Å². The fourth-order valence-corrected chi connectivity index (χ4v) is 2.02. The molecule has 94 valence electrons. The molecule has 0 fully saturated rings. The van der Waals surface area contributed by atoms with Gasteiger partial charge in [-0.15, -0.1) is 0 Å². The van der Waals surface area contributed by atoms with E-state index in [1.165, 1.54) is 0 Å². The molecule has 3 nitrogen and oxygen atoms in total. The van der Waals surface area contributed by atoms with Crippen LogP contribution in [0.3, 0.4) is 0 Å². The maximum absolute atomic E-state index is 12.5. The Balaban J connectivity index is 2.96. The quantitative estimate of drug-likeness (QED) is 0.598. The minimum absolute atomic E-state index is 0.0603. The molecular formula is C10H9ClF2INO2. The number of aromatic nitrogens is 1. The highest BCUT2D eigenvalue weighted by atomic mass is 127. The predicted molar refractivity (Wildman–Crippen MR) is 67.3 cm³/mol. The molecule has 0 aliphatic rings. The number of carbonyl (C=O) groups is 1. The molecule has 1 aromatic heterocycles. The number of nitrogens with zero attached hydrogens (tertiary/aromatic N) is 1. The summed E-state index contributed by atoms with van der Waals surface area (Å²) in [6, 6.07) is 0. The average Bonchev–Trinajstić information content (AvgIpc) is 2.25. The van der Waals surface area contributed by atoms with Crippen LogP contribution in [0.15, 0.2) is 6.20 Å². The first-order valence-electron chi connectivity index (χ1n) is 4.73. The van der Waals surface area contributed by atoms with Crippen molar-refractivity contribution in [2.75, 3.05) is 6.61 Å². The molecule has 0 aliphatic carbocycles. The minimum Gasteiger partial charge on any atom is -0.466 e. The van der Waals surface area contributed by atoms with Gasteiger partial charge < -0.3 is 4.74 Å². The van der Waals surface area contributed by atoms with Gasteiger partial charge in [-0.3, -0.25) is 9.78 Å². The number of carbonyl (C=O) groups excluding carboxylic acids is 1. The van der Waals surface area contributed by atoms with Crippen molar-refractivity contribution in [3.8, 4) is 0 Å². The standard InChI is InChI=1S/C10H9ClF2INO2/c1-2-17-7(16)3-6-9(14)8(11)5(4-15-6)10(12)13/h4,10H,2-3H2,1H3. The van der Waals surface area contributed by atoms with Gasteiger partial charge in [0.1, 0.15) is 0 Å². The van der Waals surface area contributed by atoms with E-state index in [9.17, 15) is 13.6 Å². The summed E-state index contributed by atoms with van der Waals surface area (Å²) in [6.45, 7) is 1.95. The van der Waals surface area contributed by atoms with Gasteiger partial charge in [-0.05, 0) is 29.5 Å². The largest absolute Gasteiger partial charge is 0.466 e. The second-order valence-electron chi connectivity index (χ2n) is 3.07. The number of pyridine rings is 1. The van der Waals surface area contributed by atoms with E-state index in [1.807, 2.05) is 0 Å². The van der Waals surface area contributed by atoms with Gasteiger partial charge in [0.05, 0.1) is 32.9 Å². The van der Waals surface area contributed by atoms with Crippen LogP contribution in [0.1, 0.15) is 24.6 Å². The van der Waals surface area contributed by atoms with Crippen molar-refractivity contribution < 1.29 is 18.3 Å². The van der Waals surface area contributed by atoms with Crippen molar-refractivity contribution in [3.63, 3.8) is 0 Å². The highest BCUT2D eigenvalue weighted by molar-refractivity contribution is 14.1. The van der Waals surface area contributed by atoms with Crippen molar-refractivity contribution in [1.82, 2.24) is 4.98 Å². The summed E-state index contributed by atoms with van der Waals surface area (Å²) in [5.74, 6) is -0.459. The first-order chi connectivity index (χ1) is 7.97. The van der Waals surface area contributed by atoms with E-state index >= 15 is 0 Å². The van der Waals surface area contributed by atoms with Crippen LogP contribution in [0.2, 0.25) is 5.02 Å². The molecular weight excluding hydrogens is 366 g/mol. The van der Waals surface area contributed by atoms with E-state index in [4.69, 9.17) is 16.3 Å². The van der Waals surface area contributed by atoms with Gasteiger partial charge in [-0.1, -0.05) is 11.6 Å². The van der Waals surface area contributed by atoms with Crippen LogP contribution >= 0.6 is 34.2 Å². The number of hydrogen-bond donors (Lipinski definition) is 0. The van der Waals surface area contributed by atoms with Crippen molar-refractivity contribution in [2.24, 2.45) is 0 Å². The van der Waals surface area contributed by atoms with Crippen molar-refractivity contribution in [1.29, 1.82) is 0 Å². The Kier molecular flexibility index (Phi) is 5.51. The Morgan fingerprint density at radius 2 is 2.29 bits per heavy atom. The lowest BCUT2D eigenvalue weighted by molar-refractivity contribution is -0.142. The zero-order chi connectivity index (χ0) is 13.0. The van der Waals surface area contributed by atoms with E-state index < -0.39 is 12.4 Å². The van der Waals surface area contributed by atoms with Crippen LogP contribution in [0.25, 0.3) is 0 Å². The molecule has 1 aromatic rings. The summed E-state index contributed by atoms with van der Waals surface area (Å²) in [4.78, 5) is 15.0. The summed E-state index contributed by atoms with van der Waals surface area (Å²) in [5, 5.41) is -0.0603. The fourth-order valence-electron chi connectivity index (χ4n) is 1.14. The van der Waals surface area contributed by atoms with E-state index in [2.05, 4.69) is 4.98 Å². The molecule has 0 amide bonds. The molecule has 0 atom stereocenters. The highest BCUT2D eigenvalue weighted by Gasteiger charge is 2.19. The Labute approximate surface area is 116 Å². The summed E-state index contributed by atoms with van der Waals surface area (Å²) in [7, 11) is 0. The van der Waals surface area contributed by atoms with E-state index in [0.717, 1.165) is 6.20 Å². The minimum atomic E-state index is -2.68. The monoisotopic (exact) mass is 375 g/mol. The topological polar surface area (TPSA) is 39.2 Å². The Hall–Kier alpha value is -0.500. The molecule has 7 heteroatoms. The maximum atomic E-state index is 12.5. The summed E-state index contributed by atoms with van der Waals surface area (Å²) in [6.07, 6.45) is -1.76. The molecule has 0 saturated carbocycles.